The van der Waals surface area contributed by atoms with Crippen LogP contribution in [0.25, 0.3) is 0 Å². The van der Waals surface area contributed by atoms with Gasteiger partial charge < -0.3 is 20.1 Å². The van der Waals surface area contributed by atoms with Gasteiger partial charge in [0.2, 0.25) is 0 Å². The first-order chi connectivity index (χ1) is 12.6. The molecule has 0 spiro atoms. The van der Waals surface area contributed by atoms with E-state index in [4.69, 9.17) is 21.1 Å². The zero-order chi connectivity index (χ0) is 18.9. The number of hydrogen-bond donors (Lipinski definition) is 2. The number of halogens is 1. The molecule has 0 unspecified atom stereocenters. The van der Waals surface area contributed by atoms with E-state index in [9.17, 15) is 9.59 Å². The van der Waals surface area contributed by atoms with Gasteiger partial charge in [-0.15, -0.1) is 0 Å². The van der Waals surface area contributed by atoms with E-state index in [2.05, 4.69) is 10.6 Å². The minimum Gasteiger partial charge on any atom is -0.496 e. The van der Waals surface area contributed by atoms with Crippen molar-refractivity contribution in [2.45, 2.75) is 12.6 Å². The lowest BCUT2D eigenvalue weighted by molar-refractivity contribution is -0.139. The van der Waals surface area contributed by atoms with Crippen LogP contribution >= 0.6 is 11.6 Å². The molecule has 0 saturated carbocycles. The standard InChI is InChI=1S/C19H21ClN2O4/c1-25-16-10-6-3-7-13(16)11-21-18(23)19(24)22-12-17(26-2)14-8-4-5-9-15(14)20/h3-10,17H,11-12H2,1-2H3,(H,21,23)(H,22,24)/t17-/m1/s1. The maximum atomic E-state index is 12.0. The van der Waals surface area contributed by atoms with Crippen molar-refractivity contribution in [1.82, 2.24) is 10.6 Å². The van der Waals surface area contributed by atoms with E-state index in [0.29, 0.717) is 10.8 Å². The molecule has 0 radical (unpaired) electrons. The summed E-state index contributed by atoms with van der Waals surface area (Å²) < 4.78 is 10.6. The smallest absolute Gasteiger partial charge is 0.309 e. The SMILES string of the molecule is COc1ccccc1CNC(=O)C(=O)NC[C@@H](OC)c1ccccc1Cl. The first-order valence-corrected chi connectivity index (χ1v) is 8.39. The van der Waals surface area contributed by atoms with Crippen LogP contribution in [0.2, 0.25) is 5.02 Å². The number of para-hydroxylation sites is 1. The lowest BCUT2D eigenvalue weighted by Crippen LogP contribution is -2.41. The maximum Gasteiger partial charge on any atom is 0.309 e. The van der Waals surface area contributed by atoms with E-state index in [0.717, 1.165) is 11.1 Å². The van der Waals surface area contributed by atoms with Crippen LogP contribution in [0, 0.1) is 0 Å². The molecule has 0 bridgehead atoms. The molecule has 138 valence electrons. The number of nitrogens with one attached hydrogen (secondary N) is 2. The summed E-state index contributed by atoms with van der Waals surface area (Å²) in [4.78, 5) is 24.0. The van der Waals surface area contributed by atoms with Crippen molar-refractivity contribution in [3.8, 4) is 5.75 Å². The Hall–Kier alpha value is -2.57. The highest BCUT2D eigenvalue weighted by atomic mass is 35.5. The quantitative estimate of drug-likeness (QED) is 0.728. The lowest BCUT2D eigenvalue weighted by Gasteiger charge is -2.17. The first kappa shape index (κ1) is 19.8. The Morgan fingerprint density at radius 3 is 2.35 bits per heavy atom. The summed E-state index contributed by atoms with van der Waals surface area (Å²) in [5.74, 6) is -0.828. The highest BCUT2D eigenvalue weighted by Crippen LogP contribution is 2.24. The molecule has 2 aromatic carbocycles. The summed E-state index contributed by atoms with van der Waals surface area (Å²) in [6.07, 6.45) is -0.449. The molecule has 7 heteroatoms. The van der Waals surface area contributed by atoms with E-state index >= 15 is 0 Å². The van der Waals surface area contributed by atoms with E-state index in [-0.39, 0.29) is 13.1 Å². The molecule has 0 aromatic heterocycles. The molecule has 2 N–H and O–H groups in total. The number of methoxy groups -OCH3 is 2. The zero-order valence-electron chi connectivity index (χ0n) is 14.6. The molecule has 0 aliphatic rings. The van der Waals surface area contributed by atoms with Crippen molar-refractivity contribution in [3.63, 3.8) is 0 Å². The Bertz CT molecular complexity index is 767. The van der Waals surface area contributed by atoms with Gasteiger partial charge in [-0.2, -0.15) is 0 Å². The number of rotatable bonds is 7. The van der Waals surface area contributed by atoms with Crippen LogP contribution in [0.1, 0.15) is 17.2 Å². The number of carbonyl (C=O) groups excluding carboxylic acids is 2. The van der Waals surface area contributed by atoms with Gasteiger partial charge in [-0.05, 0) is 12.1 Å². The second kappa shape index (κ2) is 9.79. The van der Waals surface area contributed by atoms with Crippen LogP contribution in [-0.2, 0) is 20.9 Å². The van der Waals surface area contributed by atoms with Gasteiger partial charge in [-0.25, -0.2) is 0 Å². The summed E-state index contributed by atoms with van der Waals surface area (Å²) in [5.41, 5.74) is 1.52. The second-order valence-corrected chi connectivity index (χ2v) is 5.86. The van der Waals surface area contributed by atoms with Gasteiger partial charge in [-0.1, -0.05) is 48.0 Å². The van der Waals surface area contributed by atoms with Crippen molar-refractivity contribution < 1.29 is 19.1 Å². The lowest BCUT2D eigenvalue weighted by atomic mass is 10.1. The Morgan fingerprint density at radius 2 is 1.65 bits per heavy atom. The van der Waals surface area contributed by atoms with Gasteiger partial charge in [0, 0.05) is 36.3 Å². The summed E-state index contributed by atoms with van der Waals surface area (Å²) in [7, 11) is 3.06. The maximum absolute atomic E-state index is 12.0. The van der Waals surface area contributed by atoms with Crippen LogP contribution in [0.4, 0.5) is 0 Å². The topological polar surface area (TPSA) is 76.7 Å². The van der Waals surface area contributed by atoms with E-state index in [1.54, 1.807) is 19.2 Å². The van der Waals surface area contributed by atoms with Crippen LogP contribution in [-0.4, -0.2) is 32.6 Å². The average Bonchev–Trinajstić information content (AvgIpc) is 2.67. The van der Waals surface area contributed by atoms with Crippen molar-refractivity contribution in [1.29, 1.82) is 0 Å². The van der Waals surface area contributed by atoms with Crippen molar-refractivity contribution in [2.75, 3.05) is 20.8 Å². The molecule has 0 heterocycles. The molecule has 26 heavy (non-hydrogen) atoms. The third kappa shape index (κ3) is 5.21. The monoisotopic (exact) mass is 376 g/mol. The summed E-state index contributed by atoms with van der Waals surface area (Å²) in [6, 6.07) is 14.4. The van der Waals surface area contributed by atoms with Gasteiger partial charge >= 0.3 is 11.8 Å². The van der Waals surface area contributed by atoms with Crippen LogP contribution in [0.15, 0.2) is 48.5 Å². The molecule has 0 aliphatic heterocycles. The molecule has 2 aromatic rings. The van der Waals surface area contributed by atoms with E-state index < -0.39 is 17.9 Å². The number of amides is 2. The Morgan fingerprint density at radius 1 is 1.00 bits per heavy atom. The minimum absolute atomic E-state index is 0.126. The fourth-order valence-corrected chi connectivity index (χ4v) is 2.68. The molecule has 0 fully saturated rings. The Kier molecular flexibility index (Phi) is 7.44. The molecule has 6 nitrogen and oxygen atoms in total. The van der Waals surface area contributed by atoms with E-state index in [1.165, 1.54) is 7.11 Å². The molecule has 2 rings (SSSR count). The Balaban J connectivity index is 1.88. The number of ether oxygens (including phenoxy) is 2. The number of carbonyl (C=O) groups is 2. The zero-order valence-corrected chi connectivity index (χ0v) is 15.4. The second-order valence-electron chi connectivity index (χ2n) is 5.45. The van der Waals surface area contributed by atoms with Crippen molar-refractivity contribution in [2.24, 2.45) is 0 Å². The van der Waals surface area contributed by atoms with Gasteiger partial charge in [0.1, 0.15) is 11.9 Å². The predicted octanol–water partition coefficient (Wildman–Crippen LogP) is 2.47. The van der Waals surface area contributed by atoms with Crippen LogP contribution in [0.5, 0.6) is 5.75 Å². The largest absolute Gasteiger partial charge is 0.496 e. The van der Waals surface area contributed by atoms with Gasteiger partial charge in [-0.3, -0.25) is 9.59 Å². The highest BCUT2D eigenvalue weighted by Gasteiger charge is 2.18. The van der Waals surface area contributed by atoms with Crippen molar-refractivity contribution >= 4 is 23.4 Å². The van der Waals surface area contributed by atoms with Gasteiger partial charge in [0.05, 0.1) is 7.11 Å². The van der Waals surface area contributed by atoms with Crippen molar-refractivity contribution in [3.05, 3.63) is 64.7 Å². The molecule has 1 atom stereocenters. The van der Waals surface area contributed by atoms with E-state index in [1.807, 2.05) is 36.4 Å². The normalized spacial score (nSPS) is 11.5. The first-order valence-electron chi connectivity index (χ1n) is 8.02. The third-order valence-corrected chi connectivity index (χ3v) is 4.17. The average molecular weight is 377 g/mol. The molecular formula is C19H21ClN2O4. The molecule has 0 saturated heterocycles. The van der Waals surface area contributed by atoms with Crippen LogP contribution in [0.3, 0.4) is 0 Å². The minimum atomic E-state index is -0.742. The molecular weight excluding hydrogens is 356 g/mol. The summed E-state index contributed by atoms with van der Waals surface area (Å²) >= 11 is 6.14. The molecule has 2 amide bonds. The fourth-order valence-electron chi connectivity index (χ4n) is 2.43. The molecule has 0 aliphatic carbocycles. The highest BCUT2D eigenvalue weighted by molar-refractivity contribution is 6.35. The third-order valence-electron chi connectivity index (χ3n) is 3.82. The van der Waals surface area contributed by atoms with Gasteiger partial charge in [0.25, 0.3) is 0 Å². The van der Waals surface area contributed by atoms with Crippen LogP contribution < -0.4 is 15.4 Å². The number of hydrogen-bond acceptors (Lipinski definition) is 4. The van der Waals surface area contributed by atoms with Gasteiger partial charge in [0.15, 0.2) is 0 Å². The summed E-state index contributed by atoms with van der Waals surface area (Å²) in [6.45, 7) is 0.315. The Labute approximate surface area is 157 Å². The number of benzene rings is 2. The fraction of sp³-hybridized carbons (Fsp3) is 0.263. The predicted molar refractivity (Wildman–Crippen MR) is 99.1 cm³/mol. The summed E-state index contributed by atoms with van der Waals surface area (Å²) in [5, 5.41) is 5.66.